The lowest BCUT2D eigenvalue weighted by Gasteiger charge is -2.09. The Morgan fingerprint density at radius 3 is 2.81 bits per heavy atom. The van der Waals surface area contributed by atoms with Crippen molar-refractivity contribution in [3.05, 3.63) is 17.5 Å². The van der Waals surface area contributed by atoms with Crippen molar-refractivity contribution < 1.29 is 4.21 Å². The fourth-order valence-electron chi connectivity index (χ4n) is 1.57. The molecule has 2 atom stereocenters. The number of rotatable bonds is 6. The molecule has 0 aliphatic carbocycles. The van der Waals surface area contributed by atoms with Gasteiger partial charge in [0.05, 0.1) is 17.1 Å². The molecule has 1 aromatic heterocycles. The largest absolute Gasteiger partial charge is 0.327 e. The van der Waals surface area contributed by atoms with Gasteiger partial charge in [0.2, 0.25) is 0 Å². The van der Waals surface area contributed by atoms with Crippen LogP contribution in [-0.4, -0.2) is 25.8 Å². The molecule has 2 N–H and O–H groups in total. The molecule has 92 valence electrons. The van der Waals surface area contributed by atoms with Gasteiger partial charge < -0.3 is 5.73 Å². The summed E-state index contributed by atoms with van der Waals surface area (Å²) in [6, 6.07) is 2.04. The van der Waals surface area contributed by atoms with Crippen molar-refractivity contribution in [2.24, 2.45) is 5.73 Å². The highest BCUT2D eigenvalue weighted by atomic mass is 32.2. The molecule has 0 bridgehead atoms. The van der Waals surface area contributed by atoms with Crippen LogP contribution in [0.3, 0.4) is 0 Å². The van der Waals surface area contributed by atoms with Gasteiger partial charge in [-0.15, -0.1) is 0 Å². The SMILES string of the molecule is CCC(N)CS(=O)Cc1cc(C)nn1CC. The summed E-state index contributed by atoms with van der Waals surface area (Å²) >= 11 is 0. The van der Waals surface area contributed by atoms with E-state index < -0.39 is 10.8 Å². The Hall–Kier alpha value is -0.680. The first kappa shape index (κ1) is 13.4. The Kier molecular flexibility index (Phi) is 5.15. The molecule has 16 heavy (non-hydrogen) atoms. The highest BCUT2D eigenvalue weighted by molar-refractivity contribution is 7.84. The van der Waals surface area contributed by atoms with Crippen molar-refractivity contribution in [2.75, 3.05) is 5.75 Å². The molecular formula is C11H21N3OS. The Morgan fingerprint density at radius 2 is 2.25 bits per heavy atom. The smallest absolute Gasteiger partial charge is 0.0656 e. The van der Waals surface area contributed by atoms with E-state index in [4.69, 9.17) is 5.73 Å². The molecule has 0 aromatic carbocycles. The fourth-order valence-corrected chi connectivity index (χ4v) is 2.96. The number of nitrogens with two attached hydrogens (primary N) is 1. The molecule has 0 saturated heterocycles. The van der Waals surface area contributed by atoms with Gasteiger partial charge in [-0.25, -0.2) is 0 Å². The molecule has 0 saturated carbocycles. The molecule has 1 aromatic rings. The molecule has 0 amide bonds. The van der Waals surface area contributed by atoms with Gasteiger partial charge in [-0.2, -0.15) is 5.10 Å². The molecule has 1 heterocycles. The van der Waals surface area contributed by atoms with Crippen molar-refractivity contribution >= 4 is 10.8 Å². The number of nitrogens with zero attached hydrogens (tertiary/aromatic N) is 2. The molecule has 0 radical (unpaired) electrons. The van der Waals surface area contributed by atoms with E-state index in [-0.39, 0.29) is 6.04 Å². The average molecular weight is 243 g/mol. The maximum atomic E-state index is 11.8. The quantitative estimate of drug-likeness (QED) is 0.816. The lowest BCUT2D eigenvalue weighted by atomic mass is 10.3. The van der Waals surface area contributed by atoms with Crippen molar-refractivity contribution in [1.82, 2.24) is 9.78 Å². The predicted octanol–water partition coefficient (Wildman–Crippen LogP) is 1.20. The summed E-state index contributed by atoms with van der Waals surface area (Å²) in [6.45, 7) is 6.83. The Labute approximate surface area is 99.7 Å². The second kappa shape index (κ2) is 6.15. The van der Waals surface area contributed by atoms with Crippen LogP contribution in [0.15, 0.2) is 6.07 Å². The fraction of sp³-hybridized carbons (Fsp3) is 0.727. The summed E-state index contributed by atoms with van der Waals surface area (Å²) in [4.78, 5) is 0. The van der Waals surface area contributed by atoms with E-state index in [1.807, 2.05) is 31.5 Å². The molecule has 1 rings (SSSR count). The third-order valence-corrected chi connectivity index (χ3v) is 3.94. The maximum Gasteiger partial charge on any atom is 0.0656 e. The van der Waals surface area contributed by atoms with E-state index in [9.17, 15) is 4.21 Å². The Bertz CT molecular complexity index is 362. The summed E-state index contributed by atoms with van der Waals surface area (Å²) < 4.78 is 13.8. The van der Waals surface area contributed by atoms with E-state index in [0.717, 1.165) is 24.4 Å². The van der Waals surface area contributed by atoms with Crippen LogP contribution in [0.4, 0.5) is 0 Å². The highest BCUT2D eigenvalue weighted by Gasteiger charge is 2.11. The van der Waals surface area contributed by atoms with Crippen LogP contribution in [0.5, 0.6) is 0 Å². The zero-order valence-electron chi connectivity index (χ0n) is 10.3. The summed E-state index contributed by atoms with van der Waals surface area (Å²) in [6.07, 6.45) is 0.873. The molecule has 5 heteroatoms. The topological polar surface area (TPSA) is 60.9 Å². The van der Waals surface area contributed by atoms with Gasteiger partial charge >= 0.3 is 0 Å². The van der Waals surface area contributed by atoms with Gasteiger partial charge in [0.25, 0.3) is 0 Å². The van der Waals surface area contributed by atoms with Crippen LogP contribution < -0.4 is 5.73 Å². The first-order valence-electron chi connectivity index (χ1n) is 5.70. The van der Waals surface area contributed by atoms with E-state index in [0.29, 0.717) is 11.5 Å². The van der Waals surface area contributed by atoms with Gasteiger partial charge in [-0.05, 0) is 26.3 Å². The zero-order chi connectivity index (χ0) is 12.1. The molecular weight excluding hydrogens is 222 g/mol. The van der Waals surface area contributed by atoms with Crippen molar-refractivity contribution in [1.29, 1.82) is 0 Å². The number of aromatic nitrogens is 2. The van der Waals surface area contributed by atoms with E-state index in [1.54, 1.807) is 0 Å². The minimum Gasteiger partial charge on any atom is -0.327 e. The van der Waals surface area contributed by atoms with Crippen LogP contribution in [0, 0.1) is 6.92 Å². The van der Waals surface area contributed by atoms with Gasteiger partial charge in [0.1, 0.15) is 0 Å². The molecule has 4 nitrogen and oxygen atoms in total. The van der Waals surface area contributed by atoms with E-state index in [1.165, 1.54) is 0 Å². The second-order valence-electron chi connectivity index (χ2n) is 4.01. The Balaban J connectivity index is 2.61. The van der Waals surface area contributed by atoms with Crippen LogP contribution in [0.25, 0.3) is 0 Å². The summed E-state index contributed by atoms with van der Waals surface area (Å²) in [5.41, 5.74) is 7.81. The predicted molar refractivity (Wildman–Crippen MR) is 67.6 cm³/mol. The second-order valence-corrected chi connectivity index (χ2v) is 5.51. The molecule has 2 unspecified atom stereocenters. The number of hydrogen-bond acceptors (Lipinski definition) is 3. The first-order chi connectivity index (χ1) is 7.56. The van der Waals surface area contributed by atoms with Crippen molar-refractivity contribution in [3.63, 3.8) is 0 Å². The van der Waals surface area contributed by atoms with Crippen LogP contribution >= 0.6 is 0 Å². The number of aryl methyl sites for hydroxylation is 2. The zero-order valence-corrected chi connectivity index (χ0v) is 11.1. The normalized spacial score (nSPS) is 15.0. The molecule has 0 spiro atoms. The van der Waals surface area contributed by atoms with Gasteiger partial charge in [0.15, 0.2) is 0 Å². The Morgan fingerprint density at radius 1 is 1.56 bits per heavy atom. The summed E-state index contributed by atoms with van der Waals surface area (Å²) in [7, 11) is -0.885. The van der Waals surface area contributed by atoms with Crippen LogP contribution in [-0.2, 0) is 23.1 Å². The summed E-state index contributed by atoms with van der Waals surface area (Å²) in [5.74, 6) is 1.13. The minimum atomic E-state index is -0.885. The lowest BCUT2D eigenvalue weighted by molar-refractivity contribution is 0.624. The minimum absolute atomic E-state index is 0.0416. The standard InChI is InChI=1S/C11H21N3OS/c1-4-10(12)7-16(15)8-11-6-9(3)13-14(11)5-2/h6,10H,4-5,7-8,12H2,1-3H3. The van der Waals surface area contributed by atoms with Crippen molar-refractivity contribution in [2.45, 2.75) is 45.5 Å². The van der Waals surface area contributed by atoms with E-state index >= 15 is 0 Å². The summed E-state index contributed by atoms with van der Waals surface area (Å²) in [5, 5.41) is 4.33. The maximum absolute atomic E-state index is 11.8. The monoisotopic (exact) mass is 243 g/mol. The molecule has 0 aliphatic heterocycles. The average Bonchev–Trinajstić information content (AvgIpc) is 2.58. The van der Waals surface area contributed by atoms with Crippen LogP contribution in [0.2, 0.25) is 0 Å². The third-order valence-electron chi connectivity index (χ3n) is 2.52. The van der Waals surface area contributed by atoms with Crippen molar-refractivity contribution in [3.8, 4) is 0 Å². The number of hydrogen-bond donors (Lipinski definition) is 1. The van der Waals surface area contributed by atoms with Gasteiger partial charge in [-0.3, -0.25) is 8.89 Å². The third kappa shape index (κ3) is 3.72. The molecule has 0 fully saturated rings. The highest BCUT2D eigenvalue weighted by Crippen LogP contribution is 2.07. The van der Waals surface area contributed by atoms with Gasteiger partial charge in [0, 0.05) is 29.1 Å². The first-order valence-corrected chi connectivity index (χ1v) is 7.19. The molecule has 0 aliphatic rings. The van der Waals surface area contributed by atoms with E-state index in [2.05, 4.69) is 5.10 Å². The van der Waals surface area contributed by atoms with Crippen LogP contribution in [0.1, 0.15) is 31.7 Å². The lowest BCUT2D eigenvalue weighted by Crippen LogP contribution is -2.26. The van der Waals surface area contributed by atoms with Gasteiger partial charge in [-0.1, -0.05) is 6.92 Å².